The number of aromatic nitrogens is 1. The zero-order valence-corrected chi connectivity index (χ0v) is 15.9. The summed E-state index contributed by atoms with van der Waals surface area (Å²) in [5.41, 5.74) is 0. The number of fused-ring (bicyclic) bond motifs is 5. The molecule has 2 bridgehead atoms. The first-order valence-electron chi connectivity index (χ1n) is 7.75. The van der Waals surface area contributed by atoms with Gasteiger partial charge in [-0.15, -0.1) is 0 Å². The summed E-state index contributed by atoms with van der Waals surface area (Å²) >= 11 is 7.27. The summed E-state index contributed by atoms with van der Waals surface area (Å²) in [4.78, 5) is 39.0. The van der Waals surface area contributed by atoms with Crippen LogP contribution in [-0.4, -0.2) is 44.0 Å². The molecule has 9 heteroatoms. The van der Waals surface area contributed by atoms with Gasteiger partial charge >= 0.3 is 0 Å². The third-order valence-electron chi connectivity index (χ3n) is 5.28. The van der Waals surface area contributed by atoms with Crippen LogP contribution in [0, 0.1) is 30.6 Å². The van der Waals surface area contributed by atoms with Crippen molar-refractivity contribution < 1.29 is 18.9 Å². The van der Waals surface area contributed by atoms with Gasteiger partial charge in [0.1, 0.15) is 12.3 Å². The van der Waals surface area contributed by atoms with Crippen molar-refractivity contribution in [2.24, 2.45) is 23.7 Å². The van der Waals surface area contributed by atoms with Crippen molar-refractivity contribution in [1.29, 1.82) is 0 Å². The predicted octanol–water partition coefficient (Wildman–Crippen LogP) is 1.70. The van der Waals surface area contributed by atoms with E-state index in [1.165, 1.54) is 0 Å². The van der Waals surface area contributed by atoms with Crippen molar-refractivity contribution in [2.75, 3.05) is 11.9 Å². The number of nitrogens with zero attached hydrogens (tertiary/aromatic N) is 2. The van der Waals surface area contributed by atoms with Crippen molar-refractivity contribution in [2.45, 2.75) is 23.0 Å². The van der Waals surface area contributed by atoms with Crippen molar-refractivity contribution in [1.82, 2.24) is 10.1 Å². The largest absolute Gasteiger partial charge is 0.360 e. The van der Waals surface area contributed by atoms with E-state index in [1.54, 1.807) is 13.0 Å². The minimum absolute atomic E-state index is 0.145. The molecule has 128 valence electrons. The van der Waals surface area contributed by atoms with Crippen LogP contribution < -0.4 is 5.32 Å². The summed E-state index contributed by atoms with van der Waals surface area (Å²) in [5.74, 6) is -0.386. The van der Waals surface area contributed by atoms with E-state index < -0.39 is 5.91 Å². The highest BCUT2D eigenvalue weighted by Crippen LogP contribution is 2.60. The molecular formula is C15H15Br2N3O4. The molecule has 1 N–H and O–H groups in total. The summed E-state index contributed by atoms with van der Waals surface area (Å²) in [5, 5.41) is 6.22. The Hall–Kier alpha value is -1.22. The van der Waals surface area contributed by atoms with Gasteiger partial charge in [-0.3, -0.25) is 19.3 Å². The summed E-state index contributed by atoms with van der Waals surface area (Å²) < 4.78 is 4.88. The van der Waals surface area contributed by atoms with Gasteiger partial charge in [0.05, 0.1) is 11.8 Å². The number of imide groups is 1. The Bertz CT molecular complexity index is 704. The molecule has 3 fully saturated rings. The lowest BCUT2D eigenvalue weighted by Gasteiger charge is -2.28. The molecule has 2 aliphatic carbocycles. The number of carbonyl (C=O) groups is 3. The number of rotatable bonds is 3. The first-order valence-corrected chi connectivity index (χ1v) is 9.58. The molecule has 1 aromatic rings. The molecule has 4 rings (SSSR count). The quantitative estimate of drug-likeness (QED) is 0.547. The molecule has 0 spiro atoms. The second-order valence-corrected chi connectivity index (χ2v) is 8.75. The molecule has 1 aliphatic heterocycles. The average Bonchev–Trinajstić information content (AvgIpc) is 3.23. The molecule has 3 aliphatic rings. The van der Waals surface area contributed by atoms with Crippen molar-refractivity contribution in [3.8, 4) is 0 Å². The van der Waals surface area contributed by atoms with E-state index in [1.807, 2.05) is 0 Å². The second-order valence-electron chi connectivity index (χ2n) is 6.64. The number of alkyl halides is 2. The number of amides is 3. The molecule has 0 radical (unpaired) electrons. The van der Waals surface area contributed by atoms with Gasteiger partial charge in [0, 0.05) is 15.7 Å². The molecule has 0 aromatic carbocycles. The van der Waals surface area contributed by atoms with Gasteiger partial charge in [0.25, 0.3) is 0 Å². The van der Waals surface area contributed by atoms with Gasteiger partial charge in [0.2, 0.25) is 17.7 Å². The molecule has 2 saturated carbocycles. The van der Waals surface area contributed by atoms with Crippen LogP contribution in [0.4, 0.5) is 5.82 Å². The predicted molar refractivity (Wildman–Crippen MR) is 90.6 cm³/mol. The van der Waals surface area contributed by atoms with Crippen LogP contribution in [0.15, 0.2) is 10.6 Å². The standard InChI is InChI=1S/C15H15Br2N3O4/c1-5-2-8(19-24-5)18-9(21)4-20-14(22)10-6-3-7(11(10)15(20)23)13(17)12(6)16/h2,6-7,10-13H,3-4H2,1H3,(H,18,19,21)/t6-,7+,10+,11-,12?,13?. The fourth-order valence-corrected chi connectivity index (χ4v) is 6.19. The van der Waals surface area contributed by atoms with Crippen molar-refractivity contribution in [3.63, 3.8) is 0 Å². The van der Waals surface area contributed by atoms with Crippen molar-refractivity contribution in [3.05, 3.63) is 11.8 Å². The van der Waals surface area contributed by atoms with E-state index in [9.17, 15) is 14.4 Å². The van der Waals surface area contributed by atoms with Crippen LogP contribution in [0.5, 0.6) is 0 Å². The van der Waals surface area contributed by atoms with Crippen molar-refractivity contribution >= 4 is 55.4 Å². The van der Waals surface area contributed by atoms with Crippen LogP contribution in [0.2, 0.25) is 0 Å². The fourth-order valence-electron chi connectivity index (χ4n) is 4.32. The number of aryl methyl sites for hydroxylation is 1. The smallest absolute Gasteiger partial charge is 0.245 e. The molecule has 1 saturated heterocycles. The number of nitrogens with one attached hydrogen (secondary N) is 1. The Morgan fingerprint density at radius 1 is 1.29 bits per heavy atom. The maximum Gasteiger partial charge on any atom is 0.245 e. The molecule has 3 amide bonds. The number of halogens is 2. The Kier molecular flexibility index (Phi) is 3.83. The lowest BCUT2D eigenvalue weighted by atomic mass is 9.81. The van der Waals surface area contributed by atoms with Crippen LogP contribution in [0.3, 0.4) is 0 Å². The summed E-state index contributed by atoms with van der Waals surface area (Å²) in [6.07, 6.45) is 0.872. The summed E-state index contributed by atoms with van der Waals surface area (Å²) in [7, 11) is 0. The summed E-state index contributed by atoms with van der Waals surface area (Å²) in [6, 6.07) is 1.57. The van der Waals surface area contributed by atoms with E-state index in [4.69, 9.17) is 4.52 Å². The highest BCUT2D eigenvalue weighted by molar-refractivity contribution is 9.12. The topological polar surface area (TPSA) is 92.5 Å². The monoisotopic (exact) mass is 459 g/mol. The lowest BCUT2D eigenvalue weighted by molar-refractivity contribution is -0.143. The Morgan fingerprint density at radius 3 is 2.38 bits per heavy atom. The lowest BCUT2D eigenvalue weighted by Crippen LogP contribution is -2.39. The van der Waals surface area contributed by atoms with E-state index >= 15 is 0 Å². The highest BCUT2D eigenvalue weighted by atomic mass is 79.9. The molecule has 2 unspecified atom stereocenters. The SMILES string of the molecule is Cc1cc(NC(=O)CN2C(=O)[C@@H]3[C@H](C2=O)[C@@H]2C[C@H]3C(Br)C2Br)no1. The zero-order valence-electron chi connectivity index (χ0n) is 12.7. The van der Waals surface area contributed by atoms with E-state index in [0.717, 1.165) is 11.3 Å². The van der Waals surface area contributed by atoms with Crippen LogP contribution in [-0.2, 0) is 14.4 Å². The number of likely N-dealkylation sites (tertiary alicyclic amines) is 1. The number of anilines is 1. The Balaban J connectivity index is 1.48. The van der Waals surface area contributed by atoms with Gasteiger partial charge < -0.3 is 9.84 Å². The minimum atomic E-state index is -0.455. The third kappa shape index (κ3) is 2.28. The number of hydrogen-bond donors (Lipinski definition) is 1. The highest BCUT2D eigenvalue weighted by Gasteiger charge is 2.66. The fraction of sp³-hybridized carbons (Fsp3) is 0.600. The molecule has 2 heterocycles. The van der Waals surface area contributed by atoms with E-state index in [0.29, 0.717) is 5.76 Å². The molecule has 24 heavy (non-hydrogen) atoms. The van der Waals surface area contributed by atoms with Gasteiger partial charge in [0.15, 0.2) is 5.82 Å². The van der Waals surface area contributed by atoms with Crippen LogP contribution in [0.1, 0.15) is 12.2 Å². The first-order chi connectivity index (χ1) is 11.4. The van der Waals surface area contributed by atoms with Gasteiger partial charge in [-0.2, -0.15) is 0 Å². The number of hydrogen-bond acceptors (Lipinski definition) is 5. The molecular weight excluding hydrogens is 446 g/mol. The van der Waals surface area contributed by atoms with Gasteiger partial charge in [-0.1, -0.05) is 37.0 Å². The van der Waals surface area contributed by atoms with Gasteiger partial charge in [-0.05, 0) is 25.2 Å². The summed E-state index contributed by atoms with van der Waals surface area (Å²) in [6.45, 7) is 1.43. The third-order valence-corrected chi connectivity index (χ3v) is 8.48. The van der Waals surface area contributed by atoms with Crippen LogP contribution >= 0.6 is 31.9 Å². The zero-order chi connectivity index (χ0) is 17.2. The molecule has 7 nitrogen and oxygen atoms in total. The first kappa shape index (κ1) is 16.3. The maximum atomic E-state index is 12.7. The average molecular weight is 461 g/mol. The number of carbonyl (C=O) groups excluding carboxylic acids is 3. The Morgan fingerprint density at radius 2 is 1.88 bits per heavy atom. The maximum absolute atomic E-state index is 12.7. The Labute approximate surface area is 154 Å². The van der Waals surface area contributed by atoms with E-state index in [-0.39, 0.29) is 57.5 Å². The van der Waals surface area contributed by atoms with E-state index in [2.05, 4.69) is 42.3 Å². The minimum Gasteiger partial charge on any atom is -0.360 e. The molecule has 1 aromatic heterocycles. The second kappa shape index (κ2) is 5.66. The van der Waals surface area contributed by atoms with Crippen LogP contribution in [0.25, 0.3) is 0 Å². The normalized spacial score (nSPS) is 37.2. The molecule has 6 atom stereocenters. The van der Waals surface area contributed by atoms with Gasteiger partial charge in [-0.25, -0.2) is 0 Å².